The van der Waals surface area contributed by atoms with Gasteiger partial charge in [-0.3, -0.25) is 0 Å². The van der Waals surface area contributed by atoms with Crippen molar-refractivity contribution in [1.29, 1.82) is 0 Å². The molecule has 0 saturated carbocycles. The summed E-state index contributed by atoms with van der Waals surface area (Å²) in [5.74, 6) is 0. The molecule has 0 bridgehead atoms. The van der Waals surface area contributed by atoms with Crippen LogP contribution in [0.5, 0.6) is 0 Å². The molecule has 0 amide bonds. The zero-order valence-corrected chi connectivity index (χ0v) is 13.2. The van der Waals surface area contributed by atoms with Crippen LogP contribution in [0.3, 0.4) is 0 Å². The van der Waals surface area contributed by atoms with Gasteiger partial charge < -0.3 is 10.6 Å². The number of rotatable bonds is 5. The summed E-state index contributed by atoms with van der Waals surface area (Å²) in [7, 11) is -0.810. The highest BCUT2D eigenvalue weighted by atomic mass is 32.2. The van der Waals surface area contributed by atoms with E-state index in [2.05, 4.69) is 9.50 Å². The summed E-state index contributed by atoms with van der Waals surface area (Å²) < 4.78 is 54.0. The Hall–Kier alpha value is -2.49. The van der Waals surface area contributed by atoms with Gasteiger partial charge in [0.05, 0.1) is 11.1 Å². The van der Waals surface area contributed by atoms with E-state index in [0.29, 0.717) is 4.68 Å². The van der Waals surface area contributed by atoms with Crippen molar-refractivity contribution in [1.82, 2.24) is 14.7 Å². The first kappa shape index (κ1) is 16.9. The van der Waals surface area contributed by atoms with Crippen molar-refractivity contribution in [3.8, 4) is 11.1 Å². The van der Waals surface area contributed by atoms with Crippen molar-refractivity contribution in [3.63, 3.8) is 0 Å². The predicted octanol–water partition coefficient (Wildman–Crippen LogP) is 1.81. The molecule has 2 aromatic rings. The van der Waals surface area contributed by atoms with E-state index < -0.39 is 16.6 Å². The van der Waals surface area contributed by atoms with Gasteiger partial charge in [-0.1, -0.05) is 6.07 Å². The van der Waals surface area contributed by atoms with Crippen LogP contribution in [0.1, 0.15) is 6.55 Å². The SMILES string of the molecule is CN(C)/C=N/S(=O)(=O)c1cc(N)ccc1-c1cnn(C(F)F)c1. The van der Waals surface area contributed by atoms with E-state index in [1.807, 2.05) is 0 Å². The van der Waals surface area contributed by atoms with Gasteiger partial charge in [-0.05, 0) is 12.1 Å². The number of nitrogens with two attached hydrogens (primary N) is 1. The third-order valence-electron chi connectivity index (χ3n) is 2.81. The summed E-state index contributed by atoms with van der Waals surface area (Å²) in [4.78, 5) is 1.28. The number of nitrogens with zero attached hydrogens (tertiary/aromatic N) is 4. The Bertz CT molecular complexity index is 831. The zero-order valence-electron chi connectivity index (χ0n) is 12.4. The number of anilines is 1. The molecule has 0 spiro atoms. The molecule has 0 atom stereocenters. The van der Waals surface area contributed by atoms with E-state index >= 15 is 0 Å². The first-order valence-corrected chi connectivity index (χ1v) is 7.84. The molecule has 7 nitrogen and oxygen atoms in total. The largest absolute Gasteiger partial charge is 0.399 e. The highest BCUT2D eigenvalue weighted by Crippen LogP contribution is 2.30. The van der Waals surface area contributed by atoms with E-state index in [4.69, 9.17) is 5.73 Å². The van der Waals surface area contributed by atoms with Gasteiger partial charge in [-0.2, -0.15) is 22.3 Å². The lowest BCUT2D eigenvalue weighted by molar-refractivity contribution is 0.0566. The van der Waals surface area contributed by atoms with Crippen LogP contribution in [-0.4, -0.2) is 43.5 Å². The fraction of sp³-hybridized carbons (Fsp3) is 0.231. The van der Waals surface area contributed by atoms with Gasteiger partial charge in [0.2, 0.25) is 0 Å². The van der Waals surface area contributed by atoms with Crippen molar-refractivity contribution in [3.05, 3.63) is 30.6 Å². The van der Waals surface area contributed by atoms with Crippen molar-refractivity contribution in [2.24, 2.45) is 4.40 Å². The van der Waals surface area contributed by atoms with E-state index in [-0.39, 0.29) is 21.7 Å². The molecule has 0 unspecified atom stereocenters. The molecule has 0 aliphatic rings. The van der Waals surface area contributed by atoms with Crippen LogP contribution in [0.4, 0.5) is 14.5 Å². The number of nitrogen functional groups attached to an aromatic ring is 1. The maximum absolute atomic E-state index is 12.6. The summed E-state index contributed by atoms with van der Waals surface area (Å²) in [6.45, 7) is -2.82. The van der Waals surface area contributed by atoms with Gasteiger partial charge in [-0.15, -0.1) is 4.40 Å². The van der Waals surface area contributed by atoms with E-state index in [0.717, 1.165) is 18.7 Å². The van der Waals surface area contributed by atoms with Crippen LogP contribution in [0, 0.1) is 0 Å². The van der Waals surface area contributed by atoms with Crippen molar-refractivity contribution < 1.29 is 17.2 Å². The topological polar surface area (TPSA) is 93.6 Å². The molecular weight excluding hydrogens is 328 g/mol. The Morgan fingerprint density at radius 2 is 2.09 bits per heavy atom. The molecule has 1 aromatic carbocycles. The van der Waals surface area contributed by atoms with Gasteiger partial charge in [0.1, 0.15) is 6.34 Å². The molecule has 1 aromatic heterocycles. The molecule has 0 radical (unpaired) electrons. The lowest BCUT2D eigenvalue weighted by atomic mass is 10.1. The predicted molar refractivity (Wildman–Crippen MR) is 82.7 cm³/mol. The lowest BCUT2D eigenvalue weighted by Gasteiger charge is -2.08. The molecular formula is C13H15F2N5O2S. The molecule has 0 fully saturated rings. The number of sulfonamides is 1. The summed E-state index contributed by atoms with van der Waals surface area (Å²) >= 11 is 0. The first-order chi connectivity index (χ1) is 10.7. The summed E-state index contributed by atoms with van der Waals surface area (Å²) in [5.41, 5.74) is 6.28. The standard InChI is InChI=1S/C13H15F2N5O2S/c1-19(2)8-18-23(21,22)12-5-10(16)3-4-11(12)9-6-17-20(7-9)13(14)15/h3-8,13H,16H2,1-2H3/b18-8+. The smallest absolute Gasteiger partial charge is 0.333 e. The van der Waals surface area contributed by atoms with Crippen molar-refractivity contribution in [2.45, 2.75) is 11.4 Å². The van der Waals surface area contributed by atoms with Crippen LogP contribution in [0.15, 0.2) is 39.9 Å². The minimum atomic E-state index is -4.04. The molecule has 0 aliphatic heterocycles. The Kier molecular flexibility index (Phi) is 4.64. The second-order valence-electron chi connectivity index (χ2n) is 4.90. The van der Waals surface area contributed by atoms with Gasteiger partial charge in [0, 0.05) is 37.1 Å². The summed E-state index contributed by atoms with van der Waals surface area (Å²) in [5, 5.41) is 3.51. The molecule has 2 N–H and O–H groups in total. The van der Waals surface area contributed by atoms with Gasteiger partial charge in [0.25, 0.3) is 10.0 Å². The third kappa shape index (κ3) is 3.83. The highest BCUT2D eigenvalue weighted by Gasteiger charge is 2.20. The monoisotopic (exact) mass is 343 g/mol. The average molecular weight is 343 g/mol. The number of hydrogen-bond acceptors (Lipinski definition) is 4. The fourth-order valence-corrected chi connectivity index (χ4v) is 2.96. The zero-order chi connectivity index (χ0) is 17.2. The quantitative estimate of drug-likeness (QED) is 0.508. The Morgan fingerprint density at radius 1 is 1.39 bits per heavy atom. The van der Waals surface area contributed by atoms with Gasteiger partial charge in [0.15, 0.2) is 0 Å². The molecule has 23 heavy (non-hydrogen) atoms. The minimum absolute atomic E-state index is 0.176. The number of halogens is 2. The van der Waals surface area contributed by atoms with Crippen LogP contribution < -0.4 is 5.73 Å². The van der Waals surface area contributed by atoms with E-state index in [1.165, 1.54) is 23.1 Å². The number of benzene rings is 1. The number of hydrogen-bond donors (Lipinski definition) is 1. The fourth-order valence-electron chi connectivity index (χ4n) is 1.79. The van der Waals surface area contributed by atoms with Gasteiger partial charge in [-0.25, -0.2) is 4.68 Å². The highest BCUT2D eigenvalue weighted by molar-refractivity contribution is 7.90. The number of alkyl halides is 2. The second kappa shape index (κ2) is 6.32. The van der Waals surface area contributed by atoms with Crippen LogP contribution in [0.2, 0.25) is 0 Å². The second-order valence-corrected chi connectivity index (χ2v) is 6.50. The molecule has 124 valence electrons. The van der Waals surface area contributed by atoms with Gasteiger partial charge >= 0.3 is 6.55 Å². The first-order valence-electron chi connectivity index (χ1n) is 6.40. The third-order valence-corrected chi connectivity index (χ3v) is 4.08. The summed E-state index contributed by atoms with van der Waals surface area (Å²) in [6, 6.07) is 4.14. The minimum Gasteiger partial charge on any atom is -0.399 e. The van der Waals surface area contributed by atoms with Crippen molar-refractivity contribution in [2.75, 3.05) is 19.8 Å². The number of aromatic nitrogens is 2. The molecule has 0 saturated heterocycles. The van der Waals surface area contributed by atoms with Crippen molar-refractivity contribution >= 4 is 22.0 Å². The molecule has 1 heterocycles. The molecule has 2 rings (SSSR count). The molecule has 0 aliphatic carbocycles. The maximum Gasteiger partial charge on any atom is 0.333 e. The van der Waals surface area contributed by atoms with E-state index in [9.17, 15) is 17.2 Å². The Morgan fingerprint density at radius 3 is 2.65 bits per heavy atom. The normalized spacial score (nSPS) is 12.2. The van der Waals surface area contributed by atoms with Crippen LogP contribution >= 0.6 is 0 Å². The Labute approximate surface area is 132 Å². The van der Waals surface area contributed by atoms with E-state index in [1.54, 1.807) is 14.1 Å². The summed E-state index contributed by atoms with van der Waals surface area (Å²) in [6.07, 6.45) is 3.35. The maximum atomic E-state index is 12.6. The lowest BCUT2D eigenvalue weighted by Crippen LogP contribution is -2.10. The Balaban J connectivity index is 2.57. The van der Waals surface area contributed by atoms with Crippen LogP contribution in [0.25, 0.3) is 11.1 Å². The average Bonchev–Trinajstić information content (AvgIpc) is 2.95. The molecule has 10 heteroatoms. The van der Waals surface area contributed by atoms with Crippen LogP contribution in [-0.2, 0) is 10.0 Å².